The Morgan fingerprint density at radius 1 is 0.595 bits per heavy atom. The molecule has 3 unspecified atom stereocenters. The van der Waals surface area contributed by atoms with E-state index in [1.54, 1.807) is 0 Å². The molecule has 0 radical (unpaired) electrons. The van der Waals surface area contributed by atoms with E-state index in [2.05, 4.69) is 61.5 Å². The first-order chi connectivity index (χ1) is 18.3. The summed E-state index contributed by atoms with van der Waals surface area (Å²) in [5.74, 6) is 2.56. The summed E-state index contributed by atoms with van der Waals surface area (Å²) in [4.78, 5) is 0. The van der Waals surface area contributed by atoms with Gasteiger partial charge in [-0.1, -0.05) is 67.9 Å². The fourth-order valence-corrected chi connectivity index (χ4v) is 5.09. The normalized spacial score (nSPS) is 23.1. The monoisotopic (exact) mass is 502 g/mol. The van der Waals surface area contributed by atoms with Crippen molar-refractivity contribution in [1.29, 1.82) is 0 Å². The number of para-hydroxylation sites is 3. The SMILES string of the molecule is CCCC(c1ccccc1OCC1CO1)(c1ccccc1OCC1CO1)c1ccccc1OCC1CO1. The van der Waals surface area contributed by atoms with Crippen LogP contribution in [0.2, 0.25) is 0 Å². The maximum Gasteiger partial charge on any atom is 0.123 e. The lowest BCUT2D eigenvalue weighted by molar-refractivity contribution is 0.248. The van der Waals surface area contributed by atoms with E-state index in [-0.39, 0.29) is 18.3 Å². The van der Waals surface area contributed by atoms with E-state index in [4.69, 9.17) is 28.4 Å². The highest BCUT2D eigenvalue weighted by atomic mass is 16.6. The molecule has 0 amide bonds. The smallest absolute Gasteiger partial charge is 0.123 e. The Bertz CT molecular complexity index is 1050. The molecule has 0 spiro atoms. The predicted octanol–water partition coefficient (Wildman–Crippen LogP) is 5.15. The maximum atomic E-state index is 6.41. The molecule has 6 heteroatoms. The van der Waals surface area contributed by atoms with E-state index in [9.17, 15) is 0 Å². The highest BCUT2D eigenvalue weighted by molar-refractivity contribution is 5.62. The van der Waals surface area contributed by atoms with Crippen LogP contribution in [0.5, 0.6) is 17.2 Å². The van der Waals surface area contributed by atoms with Crippen molar-refractivity contribution in [1.82, 2.24) is 0 Å². The minimum atomic E-state index is -0.572. The lowest BCUT2D eigenvalue weighted by atomic mass is 9.66. The van der Waals surface area contributed by atoms with E-state index in [0.717, 1.165) is 66.6 Å². The molecule has 3 saturated heterocycles. The van der Waals surface area contributed by atoms with Gasteiger partial charge >= 0.3 is 0 Å². The molecular weight excluding hydrogens is 468 g/mol. The second-order valence-corrected chi connectivity index (χ2v) is 9.94. The summed E-state index contributed by atoms with van der Waals surface area (Å²) in [6.45, 7) is 6.08. The van der Waals surface area contributed by atoms with Crippen molar-refractivity contribution in [2.45, 2.75) is 43.5 Å². The Balaban J connectivity index is 1.52. The predicted molar refractivity (Wildman–Crippen MR) is 140 cm³/mol. The molecular formula is C31H34O6. The van der Waals surface area contributed by atoms with Crippen molar-refractivity contribution in [2.75, 3.05) is 39.6 Å². The second kappa shape index (κ2) is 10.7. The number of rotatable bonds is 14. The number of hydrogen-bond acceptors (Lipinski definition) is 6. The third kappa shape index (κ3) is 5.47. The topological polar surface area (TPSA) is 65.3 Å². The average Bonchev–Trinajstić information content (AvgIpc) is 3.78. The van der Waals surface area contributed by atoms with Gasteiger partial charge in [0.25, 0.3) is 0 Å². The summed E-state index contributed by atoms with van der Waals surface area (Å²) in [7, 11) is 0. The fourth-order valence-electron chi connectivity index (χ4n) is 5.09. The van der Waals surface area contributed by atoms with Crippen molar-refractivity contribution < 1.29 is 28.4 Å². The van der Waals surface area contributed by atoms with Crippen LogP contribution in [0.3, 0.4) is 0 Å². The van der Waals surface area contributed by atoms with Crippen LogP contribution in [-0.4, -0.2) is 58.0 Å². The van der Waals surface area contributed by atoms with Crippen LogP contribution in [0, 0.1) is 0 Å². The van der Waals surface area contributed by atoms with Crippen LogP contribution < -0.4 is 14.2 Å². The number of epoxide rings is 3. The third-order valence-corrected chi connectivity index (χ3v) is 7.15. The van der Waals surface area contributed by atoms with Gasteiger partial charge in [-0.2, -0.15) is 0 Å². The van der Waals surface area contributed by atoms with Crippen LogP contribution in [0.1, 0.15) is 36.5 Å². The summed E-state index contributed by atoms with van der Waals surface area (Å²) in [5, 5.41) is 0. The average molecular weight is 503 g/mol. The Kier molecular flexibility index (Phi) is 7.05. The van der Waals surface area contributed by atoms with Gasteiger partial charge in [0.15, 0.2) is 0 Å². The lowest BCUT2D eigenvalue weighted by Gasteiger charge is -2.38. The Hall–Kier alpha value is -3.06. The van der Waals surface area contributed by atoms with E-state index < -0.39 is 5.41 Å². The zero-order valence-corrected chi connectivity index (χ0v) is 21.3. The molecule has 3 aromatic carbocycles. The summed E-state index contributed by atoms with van der Waals surface area (Å²) >= 11 is 0. The quantitative estimate of drug-likeness (QED) is 0.224. The molecule has 194 valence electrons. The summed E-state index contributed by atoms with van der Waals surface area (Å²) < 4.78 is 35.5. The molecule has 3 atom stereocenters. The maximum absolute atomic E-state index is 6.41. The highest BCUT2D eigenvalue weighted by Gasteiger charge is 2.43. The van der Waals surface area contributed by atoms with Gasteiger partial charge in [-0.25, -0.2) is 0 Å². The van der Waals surface area contributed by atoms with E-state index in [1.165, 1.54) is 0 Å². The van der Waals surface area contributed by atoms with Crippen LogP contribution in [-0.2, 0) is 19.6 Å². The minimum Gasteiger partial charge on any atom is -0.490 e. The van der Waals surface area contributed by atoms with Crippen LogP contribution in [0.4, 0.5) is 0 Å². The molecule has 3 heterocycles. The summed E-state index contributed by atoms with van der Waals surface area (Å²) in [6.07, 6.45) is 2.28. The van der Waals surface area contributed by atoms with Crippen LogP contribution in [0.25, 0.3) is 0 Å². The van der Waals surface area contributed by atoms with Gasteiger partial charge in [0.1, 0.15) is 55.4 Å². The highest BCUT2D eigenvalue weighted by Crippen LogP contribution is 2.52. The first kappa shape index (κ1) is 24.3. The fraction of sp³-hybridized carbons (Fsp3) is 0.419. The van der Waals surface area contributed by atoms with Crippen molar-refractivity contribution in [3.8, 4) is 17.2 Å². The molecule has 0 bridgehead atoms. The molecule has 3 aliphatic heterocycles. The Labute approximate surface area is 218 Å². The van der Waals surface area contributed by atoms with E-state index in [0.29, 0.717) is 19.8 Å². The molecule has 6 rings (SSSR count). The molecule has 0 aromatic heterocycles. The first-order valence-electron chi connectivity index (χ1n) is 13.3. The summed E-state index contributed by atoms with van der Waals surface area (Å²) in [6, 6.07) is 25.1. The molecule has 37 heavy (non-hydrogen) atoms. The van der Waals surface area contributed by atoms with Gasteiger partial charge in [0.2, 0.25) is 0 Å². The largest absolute Gasteiger partial charge is 0.490 e. The van der Waals surface area contributed by atoms with Gasteiger partial charge < -0.3 is 28.4 Å². The number of hydrogen-bond donors (Lipinski definition) is 0. The molecule has 0 N–H and O–H groups in total. The standard InChI is InChI=1S/C31H34O6/c1-2-15-31(25-9-3-6-12-28(25)35-19-22-16-32-22,26-10-4-7-13-29(26)36-20-23-17-33-23)27-11-5-8-14-30(27)37-21-24-18-34-24/h3-14,22-24H,2,15-21H2,1H3. The van der Waals surface area contributed by atoms with Crippen LogP contribution >= 0.6 is 0 Å². The lowest BCUT2D eigenvalue weighted by Crippen LogP contribution is -2.32. The van der Waals surface area contributed by atoms with Crippen molar-refractivity contribution >= 4 is 0 Å². The van der Waals surface area contributed by atoms with E-state index in [1.807, 2.05) is 18.2 Å². The Morgan fingerprint density at radius 2 is 0.919 bits per heavy atom. The number of ether oxygens (including phenoxy) is 6. The molecule has 3 aliphatic rings. The van der Waals surface area contributed by atoms with Gasteiger partial charge in [-0.3, -0.25) is 0 Å². The molecule has 0 saturated carbocycles. The third-order valence-electron chi connectivity index (χ3n) is 7.15. The van der Waals surface area contributed by atoms with Crippen LogP contribution in [0.15, 0.2) is 72.8 Å². The van der Waals surface area contributed by atoms with Gasteiger partial charge in [0, 0.05) is 16.7 Å². The van der Waals surface area contributed by atoms with Crippen molar-refractivity contribution in [2.24, 2.45) is 0 Å². The first-order valence-corrected chi connectivity index (χ1v) is 13.3. The van der Waals surface area contributed by atoms with Gasteiger partial charge in [-0.15, -0.1) is 0 Å². The Morgan fingerprint density at radius 3 is 1.22 bits per heavy atom. The van der Waals surface area contributed by atoms with Gasteiger partial charge in [-0.05, 0) is 24.6 Å². The van der Waals surface area contributed by atoms with Crippen molar-refractivity contribution in [3.05, 3.63) is 89.5 Å². The molecule has 6 nitrogen and oxygen atoms in total. The zero-order chi connectivity index (χ0) is 25.1. The minimum absolute atomic E-state index is 0.164. The molecule has 0 aliphatic carbocycles. The van der Waals surface area contributed by atoms with Gasteiger partial charge in [0.05, 0.1) is 25.2 Å². The zero-order valence-electron chi connectivity index (χ0n) is 21.3. The second-order valence-electron chi connectivity index (χ2n) is 9.94. The number of benzene rings is 3. The van der Waals surface area contributed by atoms with E-state index >= 15 is 0 Å². The van der Waals surface area contributed by atoms with Crippen molar-refractivity contribution in [3.63, 3.8) is 0 Å². The molecule has 3 aromatic rings. The summed E-state index contributed by atoms with van der Waals surface area (Å²) in [5.41, 5.74) is 2.71. The molecule has 3 fully saturated rings.